The first-order chi connectivity index (χ1) is 10.9. The van der Waals surface area contributed by atoms with Gasteiger partial charge in [0.15, 0.2) is 0 Å². The molecule has 128 valence electrons. The molecule has 1 aromatic rings. The third-order valence-corrected chi connectivity index (χ3v) is 3.93. The van der Waals surface area contributed by atoms with Crippen LogP contribution in [0.25, 0.3) is 0 Å². The zero-order valence-electron chi connectivity index (χ0n) is 14.1. The summed E-state index contributed by atoms with van der Waals surface area (Å²) in [5.74, 6) is 0.0184. The number of carbonyl (C=O) groups excluding carboxylic acids is 2. The van der Waals surface area contributed by atoms with E-state index in [1.165, 1.54) is 0 Å². The van der Waals surface area contributed by atoms with Crippen LogP contribution in [0.4, 0.5) is 0 Å². The topological polar surface area (TPSA) is 52.7 Å². The van der Waals surface area contributed by atoms with E-state index in [1.807, 2.05) is 38.4 Å². The van der Waals surface area contributed by atoms with Crippen molar-refractivity contribution in [3.05, 3.63) is 34.3 Å². The maximum absolute atomic E-state index is 11.9. The zero-order valence-corrected chi connectivity index (χ0v) is 15.7. The first kappa shape index (κ1) is 19.6. The maximum Gasteiger partial charge on any atom is 0.224 e. The molecular formula is C17H26BrN3O2. The molecule has 0 atom stereocenters. The number of rotatable bonds is 9. The molecule has 23 heavy (non-hydrogen) atoms. The molecule has 1 aromatic carbocycles. The normalized spacial score (nSPS) is 10.7. The second kappa shape index (κ2) is 10.4. The molecule has 0 aliphatic carbocycles. The fourth-order valence-electron chi connectivity index (χ4n) is 2.23. The van der Waals surface area contributed by atoms with E-state index in [4.69, 9.17) is 0 Å². The van der Waals surface area contributed by atoms with Crippen LogP contribution in [0.15, 0.2) is 28.7 Å². The van der Waals surface area contributed by atoms with Crippen LogP contribution >= 0.6 is 15.9 Å². The highest BCUT2D eigenvalue weighted by atomic mass is 79.9. The molecule has 0 fully saturated rings. The highest BCUT2D eigenvalue weighted by molar-refractivity contribution is 9.10. The molecular weight excluding hydrogens is 358 g/mol. The second-order valence-electron chi connectivity index (χ2n) is 5.82. The van der Waals surface area contributed by atoms with E-state index < -0.39 is 0 Å². The molecule has 1 N–H and O–H groups in total. The van der Waals surface area contributed by atoms with Crippen LogP contribution < -0.4 is 5.32 Å². The number of benzene rings is 1. The van der Waals surface area contributed by atoms with Crippen molar-refractivity contribution in [2.24, 2.45) is 0 Å². The monoisotopic (exact) mass is 383 g/mol. The summed E-state index contributed by atoms with van der Waals surface area (Å²) in [5, 5.41) is 2.88. The summed E-state index contributed by atoms with van der Waals surface area (Å²) < 4.78 is 0.964. The molecule has 2 amide bonds. The van der Waals surface area contributed by atoms with Gasteiger partial charge in [-0.15, -0.1) is 0 Å². The zero-order chi connectivity index (χ0) is 17.2. The molecule has 0 saturated heterocycles. The molecule has 0 bridgehead atoms. The van der Waals surface area contributed by atoms with Crippen molar-refractivity contribution in [2.75, 3.05) is 40.3 Å². The van der Waals surface area contributed by atoms with Gasteiger partial charge in [-0.05, 0) is 44.8 Å². The predicted octanol–water partition coefficient (Wildman–Crippen LogP) is 1.91. The first-order valence-electron chi connectivity index (χ1n) is 7.80. The van der Waals surface area contributed by atoms with Crippen LogP contribution in [-0.2, 0) is 16.0 Å². The summed E-state index contributed by atoms with van der Waals surface area (Å²) in [6, 6.07) is 7.70. The Labute approximate surface area is 147 Å². The van der Waals surface area contributed by atoms with Crippen molar-refractivity contribution in [1.29, 1.82) is 0 Å². The van der Waals surface area contributed by atoms with Crippen LogP contribution in [0.2, 0.25) is 0 Å². The first-order valence-corrected chi connectivity index (χ1v) is 8.59. The van der Waals surface area contributed by atoms with E-state index in [9.17, 15) is 9.59 Å². The molecule has 0 saturated carbocycles. The SMILES string of the molecule is CC(=O)N(CCCN(C)C)CCNC(=O)Cc1cccc(Br)c1. The van der Waals surface area contributed by atoms with Crippen LogP contribution in [0.5, 0.6) is 0 Å². The quantitative estimate of drug-likeness (QED) is 0.708. The van der Waals surface area contributed by atoms with Crippen LogP contribution in [0.1, 0.15) is 18.9 Å². The lowest BCUT2D eigenvalue weighted by molar-refractivity contribution is -0.129. The Balaban J connectivity index is 2.32. The Morgan fingerprint density at radius 3 is 2.52 bits per heavy atom. The lowest BCUT2D eigenvalue weighted by atomic mass is 10.1. The van der Waals surface area contributed by atoms with E-state index in [2.05, 4.69) is 26.1 Å². The van der Waals surface area contributed by atoms with Gasteiger partial charge in [-0.2, -0.15) is 0 Å². The largest absolute Gasteiger partial charge is 0.354 e. The summed E-state index contributed by atoms with van der Waals surface area (Å²) in [7, 11) is 4.03. The van der Waals surface area contributed by atoms with E-state index >= 15 is 0 Å². The summed E-state index contributed by atoms with van der Waals surface area (Å²) in [5.41, 5.74) is 0.964. The van der Waals surface area contributed by atoms with Crippen molar-refractivity contribution in [3.8, 4) is 0 Å². The van der Waals surface area contributed by atoms with Gasteiger partial charge in [0, 0.05) is 31.0 Å². The molecule has 6 heteroatoms. The van der Waals surface area contributed by atoms with Gasteiger partial charge in [-0.1, -0.05) is 28.1 Å². The number of amides is 2. The van der Waals surface area contributed by atoms with E-state index in [0.29, 0.717) is 19.5 Å². The number of hydrogen-bond acceptors (Lipinski definition) is 3. The van der Waals surface area contributed by atoms with Gasteiger partial charge in [-0.3, -0.25) is 9.59 Å². The summed E-state index contributed by atoms with van der Waals surface area (Å²) in [6.45, 7) is 4.26. The number of nitrogens with one attached hydrogen (secondary N) is 1. The standard InChI is InChI=1S/C17H26BrN3O2/c1-14(22)21(10-5-9-20(2)3)11-8-19-17(23)13-15-6-4-7-16(18)12-15/h4,6-7,12H,5,8-11,13H2,1-3H3,(H,19,23). The minimum Gasteiger partial charge on any atom is -0.354 e. The van der Waals surface area contributed by atoms with Gasteiger partial charge in [-0.25, -0.2) is 0 Å². The van der Waals surface area contributed by atoms with Crippen LogP contribution in [0, 0.1) is 0 Å². The molecule has 0 heterocycles. The lowest BCUT2D eigenvalue weighted by Crippen LogP contribution is -2.39. The summed E-state index contributed by atoms with van der Waals surface area (Å²) in [4.78, 5) is 27.4. The Morgan fingerprint density at radius 1 is 1.17 bits per heavy atom. The molecule has 0 aliphatic rings. The maximum atomic E-state index is 11.9. The summed E-state index contributed by atoms with van der Waals surface area (Å²) >= 11 is 3.39. The predicted molar refractivity (Wildman–Crippen MR) is 96.3 cm³/mol. The van der Waals surface area contributed by atoms with Gasteiger partial charge in [0.05, 0.1) is 6.42 Å². The van der Waals surface area contributed by atoms with Crippen LogP contribution in [-0.4, -0.2) is 61.9 Å². The van der Waals surface area contributed by atoms with Gasteiger partial charge >= 0.3 is 0 Å². The Kier molecular flexibility index (Phi) is 8.87. The third kappa shape index (κ3) is 8.71. The molecule has 0 unspecified atom stereocenters. The fourth-order valence-corrected chi connectivity index (χ4v) is 2.68. The lowest BCUT2D eigenvalue weighted by Gasteiger charge is -2.22. The molecule has 1 rings (SSSR count). The van der Waals surface area contributed by atoms with Gasteiger partial charge in [0.1, 0.15) is 0 Å². The molecule has 0 spiro atoms. The number of carbonyl (C=O) groups is 2. The summed E-state index contributed by atoms with van der Waals surface area (Å²) in [6.07, 6.45) is 1.28. The molecule has 5 nitrogen and oxygen atoms in total. The smallest absolute Gasteiger partial charge is 0.224 e. The van der Waals surface area contributed by atoms with Crippen molar-refractivity contribution in [2.45, 2.75) is 19.8 Å². The van der Waals surface area contributed by atoms with Crippen molar-refractivity contribution in [3.63, 3.8) is 0 Å². The third-order valence-electron chi connectivity index (χ3n) is 3.44. The number of nitrogens with zero attached hydrogens (tertiary/aromatic N) is 2. The number of hydrogen-bond donors (Lipinski definition) is 1. The van der Waals surface area contributed by atoms with E-state index in [1.54, 1.807) is 11.8 Å². The van der Waals surface area contributed by atoms with Gasteiger partial charge in [0.25, 0.3) is 0 Å². The number of halogens is 1. The Morgan fingerprint density at radius 2 is 1.91 bits per heavy atom. The van der Waals surface area contributed by atoms with Crippen LogP contribution in [0.3, 0.4) is 0 Å². The van der Waals surface area contributed by atoms with Crippen molar-refractivity contribution in [1.82, 2.24) is 15.1 Å². The highest BCUT2D eigenvalue weighted by Crippen LogP contribution is 2.11. The second-order valence-corrected chi connectivity index (χ2v) is 6.74. The van der Waals surface area contributed by atoms with Crippen molar-refractivity contribution >= 4 is 27.7 Å². The minimum absolute atomic E-state index is 0.0279. The van der Waals surface area contributed by atoms with E-state index in [-0.39, 0.29) is 11.8 Å². The fraction of sp³-hybridized carbons (Fsp3) is 0.529. The Bertz CT molecular complexity index is 520. The molecule has 0 radical (unpaired) electrons. The van der Waals surface area contributed by atoms with Gasteiger partial charge < -0.3 is 15.1 Å². The molecule has 0 aromatic heterocycles. The van der Waals surface area contributed by atoms with Crippen molar-refractivity contribution < 1.29 is 9.59 Å². The average molecular weight is 384 g/mol. The van der Waals surface area contributed by atoms with E-state index in [0.717, 1.165) is 29.5 Å². The minimum atomic E-state index is -0.0279. The average Bonchev–Trinajstić information content (AvgIpc) is 2.45. The molecule has 0 aliphatic heterocycles. The Hall–Kier alpha value is -1.40. The van der Waals surface area contributed by atoms with Gasteiger partial charge in [0.2, 0.25) is 11.8 Å². The highest BCUT2D eigenvalue weighted by Gasteiger charge is 2.09.